The number of β-lactam (4-membered cyclic amide) rings is 1. The molecule has 2 saturated heterocycles. The van der Waals surface area contributed by atoms with Crippen molar-refractivity contribution in [3.8, 4) is 0 Å². The number of benzene rings is 1. The Bertz CT molecular complexity index is 913. The molecule has 1 aromatic carbocycles. The molecule has 1 aromatic rings. The van der Waals surface area contributed by atoms with Crippen LogP contribution in [-0.2, 0) is 35.4 Å². The van der Waals surface area contributed by atoms with Crippen molar-refractivity contribution < 1.29 is 32.6 Å². The molecule has 0 radical (unpaired) electrons. The highest BCUT2D eigenvalue weighted by Gasteiger charge is 2.72. The second-order valence-corrected chi connectivity index (χ2v) is 10.2. The second-order valence-electron chi connectivity index (χ2n) is 7.56. The van der Waals surface area contributed by atoms with Crippen molar-refractivity contribution in [1.29, 1.82) is 0 Å². The minimum Gasteiger partial charge on any atom is -0.480 e. The summed E-state index contributed by atoms with van der Waals surface area (Å²) in [6, 6.07) is 6.62. The van der Waals surface area contributed by atoms with Gasteiger partial charge in [0.2, 0.25) is 5.91 Å². The number of esters is 1. The number of carbonyl (C=O) groups excluding carboxylic acids is 2. The number of hydrogen-bond acceptors (Lipinski definition) is 7. The number of fused-ring (bicyclic) bond motifs is 1. The summed E-state index contributed by atoms with van der Waals surface area (Å²) < 4.78 is 28.9. The van der Waals surface area contributed by atoms with Gasteiger partial charge >= 0.3 is 11.9 Å². The van der Waals surface area contributed by atoms with E-state index < -0.39 is 62.4 Å². The number of hydrogen-bond donors (Lipinski definition) is 2. The van der Waals surface area contributed by atoms with Gasteiger partial charge in [-0.05, 0) is 25.8 Å². The fraction of sp³-hybridized carbons (Fsp3) is 0.500. The van der Waals surface area contributed by atoms with Crippen molar-refractivity contribution in [3.05, 3.63) is 35.9 Å². The van der Waals surface area contributed by atoms with Gasteiger partial charge in [0.25, 0.3) is 0 Å². The van der Waals surface area contributed by atoms with E-state index in [0.717, 1.165) is 10.5 Å². The molecule has 0 bridgehead atoms. The summed E-state index contributed by atoms with van der Waals surface area (Å²) in [5.74, 6) is -3.92. The third kappa shape index (κ3) is 2.96. The van der Waals surface area contributed by atoms with E-state index in [1.807, 2.05) is 6.07 Å². The first-order valence-corrected chi connectivity index (χ1v) is 10.3. The number of amides is 1. The van der Waals surface area contributed by atoms with E-state index in [-0.39, 0.29) is 6.42 Å². The zero-order chi connectivity index (χ0) is 20.9. The highest BCUT2D eigenvalue weighted by atomic mass is 32.2. The molecule has 2 heterocycles. The highest BCUT2D eigenvalue weighted by Crippen LogP contribution is 2.48. The predicted octanol–water partition coefficient (Wildman–Crippen LogP) is -0.456. The number of carbonyl (C=O) groups is 3. The third-order valence-corrected chi connectivity index (χ3v) is 8.30. The van der Waals surface area contributed by atoms with Crippen LogP contribution >= 0.6 is 0 Å². The first kappa shape index (κ1) is 20.3. The third-order valence-electron chi connectivity index (χ3n) is 5.42. The van der Waals surface area contributed by atoms with Gasteiger partial charge in [0.1, 0.15) is 24.6 Å². The summed E-state index contributed by atoms with van der Waals surface area (Å²) in [7, 11) is -3.96. The van der Waals surface area contributed by atoms with E-state index >= 15 is 0 Å². The molecule has 152 valence electrons. The lowest BCUT2D eigenvalue weighted by Gasteiger charge is -2.42. The number of carboxylic acids is 1. The minimum atomic E-state index is -3.96. The zero-order valence-electron chi connectivity index (χ0n) is 15.4. The van der Waals surface area contributed by atoms with E-state index in [1.165, 1.54) is 13.8 Å². The smallest absolute Gasteiger partial charge is 0.328 e. The van der Waals surface area contributed by atoms with Gasteiger partial charge in [-0.2, -0.15) is 0 Å². The second kappa shape index (κ2) is 6.85. The van der Waals surface area contributed by atoms with Crippen molar-refractivity contribution in [2.75, 3.05) is 6.61 Å². The predicted molar refractivity (Wildman–Crippen MR) is 97.6 cm³/mol. The van der Waals surface area contributed by atoms with Crippen molar-refractivity contribution in [3.63, 3.8) is 0 Å². The lowest BCUT2D eigenvalue weighted by atomic mass is 9.92. The van der Waals surface area contributed by atoms with Crippen molar-refractivity contribution in [1.82, 2.24) is 4.90 Å². The monoisotopic (exact) mass is 410 g/mol. The molecule has 2 aliphatic rings. The van der Waals surface area contributed by atoms with Crippen molar-refractivity contribution >= 4 is 27.7 Å². The molecular weight excluding hydrogens is 388 g/mol. The number of sulfone groups is 1. The summed E-state index contributed by atoms with van der Waals surface area (Å²) >= 11 is 0. The Labute approximate surface area is 162 Å². The van der Waals surface area contributed by atoms with Gasteiger partial charge in [-0.15, -0.1) is 0 Å². The van der Waals surface area contributed by atoms with Crippen LogP contribution in [0.15, 0.2) is 30.3 Å². The lowest BCUT2D eigenvalue weighted by molar-refractivity contribution is -0.169. The maximum atomic E-state index is 12.7. The number of carboxylic acid groups (broad SMARTS) is 1. The maximum Gasteiger partial charge on any atom is 0.328 e. The van der Waals surface area contributed by atoms with Crippen LogP contribution in [0.25, 0.3) is 0 Å². The Morgan fingerprint density at radius 2 is 1.89 bits per heavy atom. The number of nitrogens with zero attached hydrogens (tertiary/aromatic N) is 1. The molecule has 2 fully saturated rings. The van der Waals surface area contributed by atoms with Gasteiger partial charge in [-0.1, -0.05) is 30.3 Å². The number of ether oxygens (including phenoxy) is 1. The zero-order valence-corrected chi connectivity index (χ0v) is 16.3. The van der Waals surface area contributed by atoms with Gasteiger partial charge in [0.05, 0.1) is 4.75 Å². The summed E-state index contributed by atoms with van der Waals surface area (Å²) in [5.41, 5.74) is 6.66. The fourth-order valence-electron chi connectivity index (χ4n) is 3.79. The van der Waals surface area contributed by atoms with E-state index in [1.54, 1.807) is 24.3 Å². The molecule has 3 N–H and O–H groups in total. The van der Waals surface area contributed by atoms with Gasteiger partial charge in [-0.3, -0.25) is 9.59 Å². The van der Waals surface area contributed by atoms with E-state index in [0.29, 0.717) is 0 Å². The molecule has 0 saturated carbocycles. The molecule has 0 aromatic heterocycles. The van der Waals surface area contributed by atoms with Crippen LogP contribution in [-0.4, -0.2) is 65.1 Å². The maximum absolute atomic E-state index is 12.7. The quantitative estimate of drug-likeness (QED) is 0.474. The molecule has 28 heavy (non-hydrogen) atoms. The van der Waals surface area contributed by atoms with Crippen LogP contribution in [0.2, 0.25) is 0 Å². The molecule has 4 atom stereocenters. The molecule has 10 heteroatoms. The summed E-state index contributed by atoms with van der Waals surface area (Å²) in [5, 5.41) is 8.07. The number of nitrogens with two attached hydrogens (primary N) is 1. The average molecular weight is 410 g/mol. The Balaban J connectivity index is 1.67. The van der Waals surface area contributed by atoms with Crippen LogP contribution in [0.4, 0.5) is 0 Å². The van der Waals surface area contributed by atoms with Gasteiger partial charge < -0.3 is 20.5 Å². The fourth-order valence-corrected chi connectivity index (χ4v) is 6.09. The summed E-state index contributed by atoms with van der Waals surface area (Å²) in [6.07, 6.45) is 0.236. The first-order chi connectivity index (χ1) is 13.0. The molecule has 0 spiro atoms. The standard InChI is InChI=1S/C18H22N2O7S/c1-18(2)13(16(22)23)20-14(21)11(15(20)28(18,25)26)9-27-17(24)12(19)8-10-6-4-3-5-7-10/h3-7,11-13,15H,8-9,19H2,1-2H3,(H,22,23)/t11-,12+,13+,15-/m1/s1. The normalized spacial score (nSPS) is 28.2. The van der Waals surface area contributed by atoms with Crippen LogP contribution in [0.5, 0.6) is 0 Å². The van der Waals surface area contributed by atoms with E-state index in [9.17, 15) is 27.9 Å². The minimum absolute atomic E-state index is 0.236. The lowest BCUT2D eigenvalue weighted by Crippen LogP contribution is -2.64. The van der Waals surface area contributed by atoms with Crippen molar-refractivity contribution in [2.45, 2.75) is 42.5 Å². The van der Waals surface area contributed by atoms with Gasteiger partial charge in [0.15, 0.2) is 15.2 Å². The Hall–Kier alpha value is -2.46. The molecule has 9 nitrogen and oxygen atoms in total. The van der Waals surface area contributed by atoms with Gasteiger partial charge in [-0.25, -0.2) is 13.2 Å². The molecule has 2 aliphatic heterocycles. The van der Waals surface area contributed by atoms with E-state index in [2.05, 4.69) is 0 Å². The van der Waals surface area contributed by atoms with Crippen LogP contribution in [0, 0.1) is 5.92 Å². The molecule has 1 amide bonds. The average Bonchev–Trinajstić information content (AvgIpc) is 2.76. The molecule has 3 rings (SSSR count). The molecule has 0 unspecified atom stereocenters. The highest BCUT2D eigenvalue weighted by molar-refractivity contribution is 7.93. The Kier molecular flexibility index (Phi) is 4.96. The first-order valence-electron chi connectivity index (χ1n) is 8.74. The molecular formula is C18H22N2O7S. The van der Waals surface area contributed by atoms with Gasteiger partial charge in [0, 0.05) is 0 Å². The summed E-state index contributed by atoms with van der Waals surface area (Å²) in [6.45, 7) is 2.11. The number of aliphatic carboxylic acids is 1. The molecule has 0 aliphatic carbocycles. The van der Waals surface area contributed by atoms with Crippen LogP contribution < -0.4 is 5.73 Å². The number of rotatable bonds is 6. The largest absolute Gasteiger partial charge is 0.480 e. The summed E-state index contributed by atoms with van der Waals surface area (Å²) in [4.78, 5) is 36.9. The topological polar surface area (TPSA) is 144 Å². The Morgan fingerprint density at radius 3 is 2.46 bits per heavy atom. The Morgan fingerprint density at radius 1 is 1.29 bits per heavy atom. The van der Waals surface area contributed by atoms with E-state index in [4.69, 9.17) is 10.5 Å². The van der Waals surface area contributed by atoms with Crippen molar-refractivity contribution in [2.24, 2.45) is 11.7 Å². The van der Waals surface area contributed by atoms with Crippen LogP contribution in [0.3, 0.4) is 0 Å². The SMILES string of the molecule is CC1(C)[C@H](C(=O)O)N2C(=O)[C@@H](COC(=O)[C@@H](N)Cc3ccccc3)[C@H]2S1(=O)=O. The van der Waals surface area contributed by atoms with Crippen LogP contribution in [0.1, 0.15) is 19.4 Å².